The Balaban J connectivity index is 6.84. The number of hydrogen-bond donors (Lipinski definition) is 1. The van der Waals surface area contributed by atoms with Crippen molar-refractivity contribution in [3.05, 3.63) is 25.3 Å². The van der Waals surface area contributed by atoms with Gasteiger partial charge in [-0.2, -0.15) is 74.6 Å². The smallest absolute Gasteiger partial charge is 0.453 e. The Hall–Kier alpha value is -2.28. The Morgan fingerprint density at radius 1 is 0.711 bits per heavy atom. The molecule has 0 saturated carbocycles. The third kappa shape index (κ3) is 4.91. The van der Waals surface area contributed by atoms with Crippen molar-refractivity contribution in [3.8, 4) is 0 Å². The molecule has 224 valence electrons. The number of carbonyl (C=O) groups excluding carboxylic acids is 1. The third-order valence-electron chi connectivity index (χ3n) is 5.05. The van der Waals surface area contributed by atoms with Crippen LogP contribution < -0.4 is 0 Å². The molecule has 0 aromatic heterocycles. The fourth-order valence-electron chi connectivity index (χ4n) is 2.42. The molecule has 0 bridgehead atoms. The summed E-state index contributed by atoms with van der Waals surface area (Å²) < 4.78 is 231. The molecule has 0 aromatic carbocycles. The van der Waals surface area contributed by atoms with Crippen molar-refractivity contribution in [2.75, 3.05) is 6.61 Å². The van der Waals surface area contributed by atoms with Crippen molar-refractivity contribution >= 4 is 5.97 Å². The fourth-order valence-corrected chi connectivity index (χ4v) is 2.42. The van der Waals surface area contributed by atoms with Crippen molar-refractivity contribution in [1.29, 1.82) is 0 Å². The number of halogens is 17. The number of ether oxygens (including phenoxy) is 1. The predicted octanol–water partition coefficient (Wildman–Crippen LogP) is 6.67. The summed E-state index contributed by atoms with van der Waals surface area (Å²) in [6, 6.07) is 0. The van der Waals surface area contributed by atoms with Gasteiger partial charge in [-0.25, -0.2) is 0 Å². The molecule has 38 heavy (non-hydrogen) atoms. The van der Waals surface area contributed by atoms with Gasteiger partial charge in [-0.1, -0.05) is 12.2 Å². The van der Waals surface area contributed by atoms with Crippen LogP contribution in [0.25, 0.3) is 0 Å². The second-order valence-corrected chi connectivity index (χ2v) is 7.76. The summed E-state index contributed by atoms with van der Waals surface area (Å²) in [6.45, 7) is 4.21. The molecule has 20 heteroatoms. The molecule has 0 aliphatic heterocycles. The minimum absolute atomic E-state index is 0.577. The Morgan fingerprint density at radius 3 is 1.34 bits per heavy atom. The molecule has 0 aromatic rings. The molecule has 0 aliphatic rings. The van der Waals surface area contributed by atoms with Gasteiger partial charge in [-0.05, 0) is 13.3 Å². The highest BCUT2D eigenvalue weighted by atomic mass is 19.4. The molecule has 0 aliphatic carbocycles. The number of hydrogen-bond acceptors (Lipinski definition) is 3. The molecule has 0 fully saturated rings. The van der Waals surface area contributed by atoms with Gasteiger partial charge in [0.25, 0.3) is 0 Å². The van der Waals surface area contributed by atoms with E-state index < -0.39 is 78.1 Å². The van der Waals surface area contributed by atoms with Gasteiger partial charge in [0, 0.05) is 0 Å². The monoisotopic (exact) mass is 602 g/mol. The molecular weight excluding hydrogens is 587 g/mol. The standard InChI is InChI=1S/C18H15F17O3/c1-4-6-10(3,5-2)9(37)38-8(7-36)11(19,20)12(21,22)13(23,24)14(25,26)15(27,28)16(29,30)17(31,32)18(33,34)35/h4-5,8,36H,1-2,6-7H2,3H3. The minimum atomic E-state index is -8.79. The lowest BCUT2D eigenvalue weighted by molar-refractivity contribution is -0.464. The van der Waals surface area contributed by atoms with E-state index in [1.807, 2.05) is 0 Å². The van der Waals surface area contributed by atoms with Gasteiger partial charge >= 0.3 is 53.6 Å². The highest BCUT2D eigenvalue weighted by molar-refractivity contribution is 5.79. The van der Waals surface area contributed by atoms with Gasteiger partial charge in [-0.15, -0.1) is 13.2 Å². The Kier molecular flexibility index (Phi) is 9.43. The highest BCUT2D eigenvalue weighted by Crippen LogP contribution is 2.64. The number of allylic oxidation sites excluding steroid dienone is 1. The van der Waals surface area contributed by atoms with Crippen molar-refractivity contribution in [3.63, 3.8) is 0 Å². The summed E-state index contributed by atoms with van der Waals surface area (Å²) in [6.07, 6.45) is -11.4. The second kappa shape index (κ2) is 10.0. The molecule has 0 saturated heterocycles. The zero-order valence-corrected chi connectivity index (χ0v) is 18.2. The molecule has 2 atom stereocenters. The lowest BCUT2D eigenvalue weighted by Gasteiger charge is -2.43. The van der Waals surface area contributed by atoms with E-state index >= 15 is 0 Å². The van der Waals surface area contributed by atoms with E-state index in [1.54, 1.807) is 0 Å². The number of esters is 1. The lowest BCUT2D eigenvalue weighted by atomic mass is 9.86. The maximum atomic E-state index is 14.2. The largest absolute Gasteiger partial charge is 0.460 e. The van der Waals surface area contributed by atoms with E-state index in [1.165, 1.54) is 0 Å². The average Bonchev–Trinajstić information content (AvgIpc) is 2.75. The van der Waals surface area contributed by atoms with E-state index in [0.29, 0.717) is 6.08 Å². The van der Waals surface area contributed by atoms with Gasteiger partial charge in [0.15, 0.2) is 6.10 Å². The molecule has 0 amide bonds. The zero-order valence-electron chi connectivity index (χ0n) is 18.2. The lowest BCUT2D eigenvalue weighted by Crippen LogP contribution is -2.75. The third-order valence-corrected chi connectivity index (χ3v) is 5.05. The Labute approximate surface area is 200 Å². The van der Waals surface area contributed by atoms with Gasteiger partial charge < -0.3 is 9.84 Å². The second-order valence-electron chi connectivity index (χ2n) is 7.76. The summed E-state index contributed by atoms with van der Waals surface area (Å²) in [7, 11) is 0. The summed E-state index contributed by atoms with van der Waals surface area (Å²) in [4.78, 5) is 12.0. The summed E-state index contributed by atoms with van der Waals surface area (Å²) in [5.74, 6) is -60.4. The van der Waals surface area contributed by atoms with Crippen LogP contribution in [-0.4, -0.2) is 71.4 Å². The topological polar surface area (TPSA) is 46.5 Å². The van der Waals surface area contributed by atoms with Gasteiger partial charge in [0.2, 0.25) is 0 Å². The van der Waals surface area contributed by atoms with Gasteiger partial charge in [-0.3, -0.25) is 4.79 Å². The van der Waals surface area contributed by atoms with Crippen molar-refractivity contribution in [2.45, 2.75) is 67.1 Å². The average molecular weight is 602 g/mol. The minimum Gasteiger partial charge on any atom is -0.453 e. The molecular formula is C18H15F17O3. The summed E-state index contributed by atoms with van der Waals surface area (Å²) in [5.41, 5.74) is -2.20. The molecule has 0 spiro atoms. The predicted molar refractivity (Wildman–Crippen MR) is 90.8 cm³/mol. The van der Waals surface area contributed by atoms with Crippen molar-refractivity contribution < 1.29 is 89.3 Å². The van der Waals surface area contributed by atoms with E-state index in [4.69, 9.17) is 5.11 Å². The molecule has 0 radical (unpaired) electrons. The highest BCUT2D eigenvalue weighted by Gasteiger charge is 2.95. The van der Waals surface area contributed by atoms with Crippen LogP contribution in [0.5, 0.6) is 0 Å². The molecule has 1 N–H and O–H groups in total. The van der Waals surface area contributed by atoms with E-state index in [2.05, 4.69) is 17.9 Å². The molecule has 3 nitrogen and oxygen atoms in total. The quantitative estimate of drug-likeness (QED) is 0.146. The van der Waals surface area contributed by atoms with Gasteiger partial charge in [0.1, 0.15) is 0 Å². The first kappa shape index (κ1) is 35.7. The van der Waals surface area contributed by atoms with Crippen molar-refractivity contribution in [1.82, 2.24) is 0 Å². The van der Waals surface area contributed by atoms with Gasteiger partial charge in [0.05, 0.1) is 12.0 Å². The van der Waals surface area contributed by atoms with Crippen LogP contribution in [0, 0.1) is 5.41 Å². The fraction of sp³-hybridized carbons (Fsp3) is 0.722. The van der Waals surface area contributed by atoms with Crippen molar-refractivity contribution in [2.24, 2.45) is 5.41 Å². The van der Waals surface area contributed by atoms with Crippen LogP contribution in [-0.2, 0) is 9.53 Å². The number of carbonyl (C=O) groups is 1. The summed E-state index contributed by atoms with van der Waals surface area (Å²) >= 11 is 0. The summed E-state index contributed by atoms with van der Waals surface area (Å²) in [5, 5.41) is 8.83. The normalized spacial score (nSPS) is 17.4. The van der Waals surface area contributed by atoms with Crippen LogP contribution in [0.1, 0.15) is 13.3 Å². The van der Waals surface area contributed by atoms with E-state index in [9.17, 15) is 79.4 Å². The SMILES string of the molecule is C=CCC(C)(C=C)C(=O)OC(CO)C(F)(F)C(F)(F)C(F)(F)C(F)(F)C(F)(F)C(F)(F)C(F)(F)C(F)(F)F. The first-order valence-electron chi connectivity index (χ1n) is 9.24. The maximum absolute atomic E-state index is 14.2. The number of rotatable bonds is 13. The van der Waals surface area contributed by atoms with Crippen LogP contribution in [0.3, 0.4) is 0 Å². The van der Waals surface area contributed by atoms with Crippen LogP contribution in [0.2, 0.25) is 0 Å². The number of aliphatic hydroxyl groups excluding tert-OH is 1. The van der Waals surface area contributed by atoms with E-state index in [0.717, 1.165) is 13.0 Å². The molecule has 0 heterocycles. The zero-order chi connectivity index (χ0) is 31.2. The first-order valence-corrected chi connectivity index (χ1v) is 9.24. The van der Waals surface area contributed by atoms with E-state index in [-0.39, 0.29) is 0 Å². The van der Waals surface area contributed by atoms with Crippen LogP contribution >= 0.6 is 0 Å². The Bertz CT molecular complexity index is 893. The molecule has 0 rings (SSSR count). The maximum Gasteiger partial charge on any atom is 0.460 e. The van der Waals surface area contributed by atoms with Crippen LogP contribution in [0.15, 0.2) is 25.3 Å². The van der Waals surface area contributed by atoms with Crippen LogP contribution in [0.4, 0.5) is 74.6 Å². The Morgan fingerprint density at radius 2 is 1.05 bits per heavy atom. The first-order chi connectivity index (χ1) is 16.5. The number of aliphatic hydroxyl groups is 1. The molecule has 2 unspecified atom stereocenters. The number of alkyl halides is 17.